The van der Waals surface area contributed by atoms with E-state index in [1.54, 1.807) is 31.4 Å². The summed E-state index contributed by atoms with van der Waals surface area (Å²) in [5.74, 6) is 1.08. The van der Waals surface area contributed by atoms with Crippen LogP contribution < -0.4 is 14.4 Å². The van der Waals surface area contributed by atoms with Crippen LogP contribution in [0.25, 0.3) is 10.9 Å². The minimum atomic E-state index is -3.76. The summed E-state index contributed by atoms with van der Waals surface area (Å²) < 4.78 is 35.2. The van der Waals surface area contributed by atoms with Crippen LogP contribution in [0.1, 0.15) is 20.1 Å². The summed E-state index contributed by atoms with van der Waals surface area (Å²) >= 11 is 0. The van der Waals surface area contributed by atoms with Crippen molar-refractivity contribution in [2.75, 3.05) is 42.9 Å². The van der Waals surface area contributed by atoms with E-state index < -0.39 is 10.0 Å². The average molecular weight is 537 g/mol. The average Bonchev–Trinajstić information content (AvgIpc) is 3.27. The van der Waals surface area contributed by atoms with Crippen LogP contribution >= 0.6 is 0 Å². The number of sulfonamides is 1. The molecule has 0 radical (unpaired) electrons. The van der Waals surface area contributed by atoms with E-state index in [2.05, 4.69) is 30.2 Å². The van der Waals surface area contributed by atoms with E-state index in [4.69, 9.17) is 4.74 Å². The number of carbonyl (C=O) groups excluding carboxylic acids is 1. The maximum atomic E-state index is 13.4. The third kappa shape index (κ3) is 5.01. The van der Waals surface area contributed by atoms with Gasteiger partial charge in [-0.1, -0.05) is 0 Å². The number of hydrogen-bond donors (Lipinski definition) is 1. The Bertz CT molecular complexity index is 1550. The SMILES string of the molecule is COc1ccc2c(c1)cc(C)n2[C@@H](C)C(=O)N1CCN(c2ccc(S(=O)(=O)Nc3ccncn3)cc2)CC1.[HH]. The minimum absolute atomic E-state index is 0. The highest BCUT2D eigenvalue weighted by Crippen LogP contribution is 2.29. The summed E-state index contributed by atoms with van der Waals surface area (Å²) in [6, 6.07) is 15.9. The van der Waals surface area contributed by atoms with Gasteiger partial charge in [0.2, 0.25) is 5.91 Å². The van der Waals surface area contributed by atoms with Gasteiger partial charge in [0.25, 0.3) is 10.0 Å². The van der Waals surface area contributed by atoms with Crippen molar-refractivity contribution < 1.29 is 19.4 Å². The number of fused-ring (bicyclic) bond motifs is 1. The molecule has 0 bridgehead atoms. The molecule has 2 aromatic heterocycles. The number of carbonyl (C=O) groups is 1. The van der Waals surface area contributed by atoms with Gasteiger partial charge in [-0.25, -0.2) is 18.4 Å². The molecule has 1 aliphatic heterocycles. The molecule has 5 rings (SSSR count). The number of anilines is 2. The highest BCUT2D eigenvalue weighted by molar-refractivity contribution is 7.92. The normalized spacial score (nSPS) is 14.9. The van der Waals surface area contributed by atoms with Crippen LogP contribution in [-0.4, -0.2) is 67.0 Å². The lowest BCUT2D eigenvalue weighted by atomic mass is 10.2. The van der Waals surface area contributed by atoms with Gasteiger partial charge in [0.05, 0.1) is 12.0 Å². The van der Waals surface area contributed by atoms with E-state index in [0.717, 1.165) is 28.0 Å². The number of nitrogens with one attached hydrogen (secondary N) is 1. The van der Waals surface area contributed by atoms with Crippen molar-refractivity contribution in [2.24, 2.45) is 0 Å². The predicted molar refractivity (Wildman–Crippen MR) is 148 cm³/mol. The molecule has 0 unspecified atom stereocenters. The van der Waals surface area contributed by atoms with E-state index in [0.29, 0.717) is 26.2 Å². The predicted octanol–water partition coefficient (Wildman–Crippen LogP) is 3.70. The second kappa shape index (κ2) is 10.3. The van der Waals surface area contributed by atoms with Gasteiger partial charge < -0.3 is 19.1 Å². The van der Waals surface area contributed by atoms with Gasteiger partial charge in [-0.15, -0.1) is 0 Å². The van der Waals surface area contributed by atoms with Gasteiger partial charge in [0.15, 0.2) is 0 Å². The first kappa shape index (κ1) is 25.5. The smallest absolute Gasteiger partial charge is 0.263 e. The lowest BCUT2D eigenvalue weighted by Crippen LogP contribution is -2.50. The molecule has 1 saturated heterocycles. The molecular formula is C27H32N6O4S. The van der Waals surface area contributed by atoms with E-state index in [1.165, 1.54) is 18.6 Å². The van der Waals surface area contributed by atoms with Gasteiger partial charge in [-0.05, 0) is 68.4 Å². The van der Waals surface area contributed by atoms with Gasteiger partial charge in [-0.3, -0.25) is 9.52 Å². The van der Waals surface area contributed by atoms with Gasteiger partial charge in [-0.2, -0.15) is 0 Å². The number of benzene rings is 2. The van der Waals surface area contributed by atoms with Crippen LogP contribution in [0, 0.1) is 6.92 Å². The number of aryl methyl sites for hydroxylation is 1. The summed E-state index contributed by atoms with van der Waals surface area (Å²) in [5, 5.41) is 1.05. The zero-order valence-electron chi connectivity index (χ0n) is 21.5. The monoisotopic (exact) mass is 536 g/mol. The standard InChI is InChI=1S/C27H30N6O4S.H2/c1-19-16-21-17-23(37-3)6-9-25(21)33(19)20(2)27(34)32-14-12-31(13-15-32)22-4-7-24(8-5-22)38(35,36)30-26-10-11-28-18-29-26;/h4-11,16-18,20H,12-15H2,1-3H3,(H,28,29,30);1H/t20-;/m0./s1. The Hall–Kier alpha value is -4.12. The highest BCUT2D eigenvalue weighted by Gasteiger charge is 2.28. The summed E-state index contributed by atoms with van der Waals surface area (Å²) in [6.45, 7) is 6.45. The fourth-order valence-corrected chi connectivity index (χ4v) is 5.95. The molecule has 11 heteroatoms. The molecule has 2 aromatic carbocycles. The van der Waals surface area contributed by atoms with Gasteiger partial charge in [0, 0.05) is 56.1 Å². The molecule has 0 spiro atoms. The summed E-state index contributed by atoms with van der Waals surface area (Å²) in [4.78, 5) is 25.4. The summed E-state index contributed by atoms with van der Waals surface area (Å²) in [6.07, 6.45) is 2.75. The highest BCUT2D eigenvalue weighted by atomic mass is 32.2. The molecule has 0 aliphatic carbocycles. The van der Waals surface area contributed by atoms with Crippen LogP contribution in [0.2, 0.25) is 0 Å². The fraction of sp³-hybridized carbons (Fsp3) is 0.296. The van der Waals surface area contributed by atoms with Crippen molar-refractivity contribution in [3.8, 4) is 5.75 Å². The van der Waals surface area contributed by atoms with Crippen LogP contribution in [0.15, 0.2) is 72.0 Å². The maximum Gasteiger partial charge on any atom is 0.263 e. The number of piperazine rings is 1. The van der Waals surface area contributed by atoms with Crippen molar-refractivity contribution in [3.63, 3.8) is 0 Å². The second-order valence-electron chi connectivity index (χ2n) is 9.26. The van der Waals surface area contributed by atoms with Crippen molar-refractivity contribution in [1.29, 1.82) is 0 Å². The Kier molecular flexibility index (Phi) is 6.94. The third-order valence-corrected chi connectivity index (χ3v) is 8.28. The van der Waals surface area contributed by atoms with E-state index in [-0.39, 0.29) is 24.1 Å². The second-order valence-corrected chi connectivity index (χ2v) is 10.9. The number of rotatable bonds is 7. The van der Waals surface area contributed by atoms with Gasteiger partial charge in [0.1, 0.15) is 23.9 Å². The Morgan fingerprint density at radius 2 is 1.79 bits per heavy atom. The number of methoxy groups -OCH3 is 1. The van der Waals surface area contributed by atoms with E-state index >= 15 is 0 Å². The van der Waals surface area contributed by atoms with Crippen LogP contribution in [0.5, 0.6) is 5.75 Å². The first-order valence-electron chi connectivity index (χ1n) is 12.3. The molecule has 0 saturated carbocycles. The largest absolute Gasteiger partial charge is 0.497 e. The van der Waals surface area contributed by atoms with Crippen LogP contribution in [0.3, 0.4) is 0 Å². The van der Waals surface area contributed by atoms with Crippen molar-refractivity contribution in [3.05, 3.63) is 72.8 Å². The molecule has 200 valence electrons. The molecule has 38 heavy (non-hydrogen) atoms. The molecule has 1 N–H and O–H groups in total. The Labute approximate surface area is 223 Å². The quantitative estimate of drug-likeness (QED) is 0.384. The summed E-state index contributed by atoms with van der Waals surface area (Å²) in [7, 11) is -2.11. The summed E-state index contributed by atoms with van der Waals surface area (Å²) in [5.41, 5.74) is 2.94. The molecule has 1 amide bonds. The molecule has 10 nitrogen and oxygen atoms in total. The number of hydrogen-bond acceptors (Lipinski definition) is 7. The zero-order chi connectivity index (χ0) is 26.9. The van der Waals surface area contributed by atoms with Crippen molar-refractivity contribution in [2.45, 2.75) is 24.8 Å². The maximum absolute atomic E-state index is 13.4. The van der Waals surface area contributed by atoms with Gasteiger partial charge >= 0.3 is 0 Å². The van der Waals surface area contributed by atoms with Crippen LogP contribution in [-0.2, 0) is 14.8 Å². The minimum Gasteiger partial charge on any atom is -0.497 e. The molecule has 1 atom stereocenters. The zero-order valence-corrected chi connectivity index (χ0v) is 22.4. The molecule has 4 aromatic rings. The Morgan fingerprint density at radius 1 is 1.05 bits per heavy atom. The van der Waals surface area contributed by atoms with E-state index in [9.17, 15) is 13.2 Å². The van der Waals surface area contributed by atoms with Crippen molar-refractivity contribution in [1.82, 2.24) is 19.4 Å². The number of aromatic nitrogens is 3. The first-order chi connectivity index (χ1) is 18.3. The number of amides is 1. The number of ether oxygens (including phenoxy) is 1. The van der Waals surface area contributed by atoms with Crippen molar-refractivity contribution >= 4 is 38.3 Å². The molecular weight excluding hydrogens is 504 g/mol. The van der Waals surface area contributed by atoms with E-state index in [1.807, 2.05) is 36.9 Å². The van der Waals surface area contributed by atoms with Crippen LogP contribution in [0.4, 0.5) is 11.5 Å². The Morgan fingerprint density at radius 3 is 2.45 bits per heavy atom. The number of nitrogens with zero attached hydrogens (tertiary/aromatic N) is 5. The third-order valence-electron chi connectivity index (χ3n) is 6.91. The fourth-order valence-electron chi connectivity index (χ4n) is 4.94. The molecule has 3 heterocycles. The first-order valence-corrected chi connectivity index (χ1v) is 13.8. The lowest BCUT2D eigenvalue weighted by molar-refractivity contribution is -0.134. The molecule has 1 aliphatic rings. The Balaban J connectivity index is 0.00000353. The molecule has 1 fully saturated rings. The lowest BCUT2D eigenvalue weighted by Gasteiger charge is -2.37. The topological polar surface area (TPSA) is 110 Å².